The van der Waals surface area contributed by atoms with Gasteiger partial charge >= 0.3 is 12.4 Å². The van der Waals surface area contributed by atoms with Crippen molar-refractivity contribution in [3.8, 4) is 0 Å². The van der Waals surface area contributed by atoms with E-state index < -0.39 is 23.5 Å². The molecule has 2 aliphatic heterocycles. The van der Waals surface area contributed by atoms with Gasteiger partial charge in [0.15, 0.2) is 0 Å². The normalized spacial score (nSPS) is 19.5. The minimum Gasteiger partial charge on any atom is -0.379 e. The number of hydrogen-bond acceptors (Lipinski definition) is 7. The average molecular weight is 431 g/mol. The molecule has 0 unspecified atom stereocenters. The zero-order valence-electron chi connectivity index (χ0n) is 15.7. The highest BCUT2D eigenvalue weighted by Gasteiger charge is 2.71. The summed E-state index contributed by atoms with van der Waals surface area (Å²) in [7, 11) is 2.11. The monoisotopic (exact) mass is 431 g/mol. The Bertz CT molecular complexity index is 614. The Morgan fingerprint density at radius 3 is 1.79 bits per heavy atom. The van der Waals surface area contributed by atoms with Crippen molar-refractivity contribution < 1.29 is 36.2 Å². The van der Waals surface area contributed by atoms with Gasteiger partial charge in [0.2, 0.25) is 5.95 Å². The van der Waals surface area contributed by atoms with Crippen LogP contribution in [0.3, 0.4) is 0 Å². The molecule has 2 aliphatic rings. The quantitative estimate of drug-likeness (QED) is 0.681. The lowest BCUT2D eigenvalue weighted by Gasteiger charge is -2.32. The van der Waals surface area contributed by atoms with Crippen molar-refractivity contribution in [2.24, 2.45) is 0 Å². The zero-order chi connectivity index (χ0) is 21.7. The fraction of sp³-hybridized carbons (Fsp3) is 0.750. The van der Waals surface area contributed by atoms with E-state index in [-0.39, 0.29) is 5.95 Å². The third-order valence-electron chi connectivity index (χ3n) is 4.51. The first-order valence-electron chi connectivity index (χ1n) is 8.87. The fourth-order valence-corrected chi connectivity index (χ4v) is 2.68. The van der Waals surface area contributed by atoms with Crippen molar-refractivity contribution >= 4 is 5.95 Å². The second-order valence-electron chi connectivity index (χ2n) is 6.63. The molecule has 0 spiro atoms. The number of alkyl halides is 6. The van der Waals surface area contributed by atoms with E-state index in [0.29, 0.717) is 38.6 Å². The Labute approximate surface area is 163 Å². The Morgan fingerprint density at radius 2 is 1.41 bits per heavy atom. The van der Waals surface area contributed by atoms with Gasteiger partial charge < -0.3 is 25.0 Å². The number of aliphatic hydroxyl groups is 1. The Balaban J connectivity index is 0.000000360. The molecule has 0 aromatic carbocycles. The number of halogens is 6. The van der Waals surface area contributed by atoms with Gasteiger partial charge in [-0.25, -0.2) is 9.97 Å². The SMILES string of the molecule is CN1CCOCC1.OC(c1cnc(N2CCNCC2)nc1)(C(F)(F)F)C(F)(F)F. The van der Waals surface area contributed by atoms with E-state index in [1.54, 1.807) is 4.90 Å². The summed E-state index contributed by atoms with van der Waals surface area (Å²) in [6, 6.07) is 0. The van der Waals surface area contributed by atoms with Crippen molar-refractivity contribution in [3.05, 3.63) is 18.0 Å². The van der Waals surface area contributed by atoms with E-state index in [1.807, 2.05) is 0 Å². The van der Waals surface area contributed by atoms with Gasteiger partial charge in [-0.3, -0.25) is 0 Å². The first-order chi connectivity index (χ1) is 13.5. The molecule has 0 bridgehead atoms. The number of hydrogen-bond donors (Lipinski definition) is 2. The summed E-state index contributed by atoms with van der Waals surface area (Å²) in [6.07, 6.45) is -11.2. The van der Waals surface area contributed by atoms with E-state index in [2.05, 4.69) is 27.2 Å². The second-order valence-corrected chi connectivity index (χ2v) is 6.63. The maximum atomic E-state index is 12.7. The fourth-order valence-electron chi connectivity index (χ4n) is 2.68. The molecule has 166 valence electrons. The predicted octanol–water partition coefficient (Wildman–Crippen LogP) is 1.15. The third kappa shape index (κ3) is 5.68. The van der Waals surface area contributed by atoms with Crippen LogP contribution >= 0.6 is 0 Å². The van der Waals surface area contributed by atoms with Crippen LogP contribution in [0.1, 0.15) is 5.56 Å². The number of nitrogens with one attached hydrogen (secondary N) is 1. The summed E-state index contributed by atoms with van der Waals surface area (Å²) in [4.78, 5) is 10.9. The molecule has 29 heavy (non-hydrogen) atoms. The van der Waals surface area contributed by atoms with Crippen molar-refractivity contribution in [1.29, 1.82) is 0 Å². The van der Waals surface area contributed by atoms with Gasteiger partial charge in [-0.2, -0.15) is 26.3 Å². The Kier molecular flexibility index (Phi) is 7.65. The summed E-state index contributed by atoms with van der Waals surface area (Å²) in [6.45, 7) is 6.16. The molecule has 2 fully saturated rings. The van der Waals surface area contributed by atoms with Gasteiger partial charge in [0.1, 0.15) is 0 Å². The minimum atomic E-state index is -5.94. The maximum Gasteiger partial charge on any atom is 0.430 e. The van der Waals surface area contributed by atoms with E-state index in [9.17, 15) is 31.4 Å². The lowest BCUT2D eigenvalue weighted by Crippen LogP contribution is -2.54. The number of ether oxygens (including phenoxy) is 1. The zero-order valence-corrected chi connectivity index (χ0v) is 15.7. The standard InChI is InChI=1S/C11H12F6N4O.C5H11NO/c12-10(13,14)9(22,11(15,16)17)7-5-19-8(20-6-7)21-3-1-18-2-4-21;1-6-2-4-7-5-3-6/h5-6,18,22H,1-4H2;2-5H2,1H3. The molecule has 0 radical (unpaired) electrons. The number of anilines is 1. The van der Waals surface area contributed by atoms with Crippen LogP contribution in [-0.4, -0.2) is 91.9 Å². The highest BCUT2D eigenvalue weighted by Crippen LogP contribution is 2.49. The number of likely N-dealkylation sites (N-methyl/N-ethyl adjacent to an activating group) is 1. The molecular weight excluding hydrogens is 408 g/mol. The van der Waals surface area contributed by atoms with Gasteiger partial charge in [-0.05, 0) is 7.05 Å². The molecule has 0 atom stereocenters. The third-order valence-corrected chi connectivity index (χ3v) is 4.51. The summed E-state index contributed by atoms with van der Waals surface area (Å²) >= 11 is 0. The summed E-state index contributed by atoms with van der Waals surface area (Å²) < 4.78 is 81.3. The maximum absolute atomic E-state index is 12.7. The van der Waals surface area contributed by atoms with Gasteiger partial charge in [0, 0.05) is 57.2 Å². The first kappa shape index (κ1) is 23.6. The van der Waals surface area contributed by atoms with Crippen LogP contribution in [0.5, 0.6) is 0 Å². The molecule has 0 amide bonds. The molecule has 2 N–H and O–H groups in total. The molecule has 2 saturated heterocycles. The van der Waals surface area contributed by atoms with Crippen molar-refractivity contribution in [2.75, 3.05) is 64.4 Å². The molecular formula is C16H23F6N5O2. The summed E-state index contributed by atoms with van der Waals surface area (Å²) in [5.74, 6) is 0.0111. The van der Waals surface area contributed by atoms with E-state index in [1.165, 1.54) is 0 Å². The molecule has 0 aliphatic carbocycles. The summed E-state index contributed by atoms with van der Waals surface area (Å²) in [5.41, 5.74) is -6.46. The molecule has 3 heterocycles. The van der Waals surface area contributed by atoms with Crippen molar-refractivity contribution in [1.82, 2.24) is 20.2 Å². The van der Waals surface area contributed by atoms with Crippen LogP contribution in [0, 0.1) is 0 Å². The Hall–Kier alpha value is -1.70. The van der Waals surface area contributed by atoms with Gasteiger partial charge in [-0.15, -0.1) is 0 Å². The highest BCUT2D eigenvalue weighted by atomic mass is 19.4. The van der Waals surface area contributed by atoms with Crippen molar-refractivity contribution in [2.45, 2.75) is 18.0 Å². The first-order valence-corrected chi connectivity index (χ1v) is 8.87. The van der Waals surface area contributed by atoms with Gasteiger partial charge in [0.05, 0.1) is 13.2 Å². The summed E-state index contributed by atoms with van der Waals surface area (Å²) in [5, 5.41) is 12.2. The van der Waals surface area contributed by atoms with Crippen LogP contribution in [0.15, 0.2) is 12.4 Å². The average Bonchev–Trinajstić information content (AvgIpc) is 2.67. The number of morpholine rings is 1. The predicted molar refractivity (Wildman–Crippen MR) is 91.4 cm³/mol. The van der Waals surface area contributed by atoms with Crippen LogP contribution < -0.4 is 10.2 Å². The van der Waals surface area contributed by atoms with Crippen LogP contribution in [0.2, 0.25) is 0 Å². The molecule has 13 heteroatoms. The van der Waals surface area contributed by atoms with Crippen LogP contribution in [0.25, 0.3) is 0 Å². The molecule has 0 saturated carbocycles. The smallest absolute Gasteiger partial charge is 0.379 e. The number of rotatable bonds is 2. The molecule has 7 nitrogen and oxygen atoms in total. The van der Waals surface area contributed by atoms with E-state index >= 15 is 0 Å². The van der Waals surface area contributed by atoms with E-state index in [0.717, 1.165) is 26.3 Å². The second kappa shape index (κ2) is 9.41. The lowest BCUT2D eigenvalue weighted by molar-refractivity contribution is -0.376. The topological polar surface area (TPSA) is 73.8 Å². The van der Waals surface area contributed by atoms with Crippen LogP contribution in [0.4, 0.5) is 32.3 Å². The Morgan fingerprint density at radius 1 is 0.931 bits per heavy atom. The number of nitrogens with zero attached hydrogens (tertiary/aromatic N) is 4. The van der Waals surface area contributed by atoms with Gasteiger partial charge in [0.25, 0.3) is 5.60 Å². The van der Waals surface area contributed by atoms with Gasteiger partial charge in [-0.1, -0.05) is 0 Å². The minimum absolute atomic E-state index is 0.0111. The molecule has 1 aromatic heterocycles. The molecule has 3 rings (SSSR count). The molecule has 1 aromatic rings. The van der Waals surface area contributed by atoms with E-state index in [4.69, 9.17) is 4.74 Å². The number of piperazine rings is 1. The largest absolute Gasteiger partial charge is 0.430 e. The van der Waals surface area contributed by atoms with Crippen LogP contribution in [-0.2, 0) is 10.3 Å². The highest BCUT2D eigenvalue weighted by molar-refractivity contribution is 5.33. The number of aromatic nitrogens is 2. The van der Waals surface area contributed by atoms with Crippen molar-refractivity contribution in [3.63, 3.8) is 0 Å². The lowest BCUT2D eigenvalue weighted by atomic mass is 9.95.